The van der Waals surface area contributed by atoms with Crippen molar-refractivity contribution in [3.63, 3.8) is 0 Å². The van der Waals surface area contributed by atoms with Crippen molar-refractivity contribution in [2.75, 3.05) is 26.2 Å². The van der Waals surface area contributed by atoms with Crippen LogP contribution in [0.15, 0.2) is 22.7 Å². The van der Waals surface area contributed by atoms with Crippen LogP contribution in [0.2, 0.25) is 5.02 Å². The van der Waals surface area contributed by atoms with Crippen LogP contribution in [0, 0.1) is 0 Å². The third-order valence-corrected chi connectivity index (χ3v) is 4.37. The fraction of sp³-hybridized carbons (Fsp3) is 0.571. The van der Waals surface area contributed by atoms with Crippen molar-refractivity contribution in [2.45, 2.75) is 25.9 Å². The molecule has 1 saturated heterocycles. The Bertz CT molecular complexity index is 420. The molecule has 2 rings (SSSR count). The molecule has 19 heavy (non-hydrogen) atoms. The second kappa shape index (κ2) is 6.93. The van der Waals surface area contributed by atoms with E-state index in [4.69, 9.17) is 16.3 Å². The molecule has 1 aliphatic rings. The molecule has 5 heteroatoms. The molecule has 0 aromatic heterocycles. The third-order valence-electron chi connectivity index (χ3n) is 3.51. The lowest BCUT2D eigenvalue weighted by molar-refractivity contribution is 0.0964. The first-order chi connectivity index (χ1) is 9.08. The Labute approximate surface area is 128 Å². The van der Waals surface area contributed by atoms with Crippen molar-refractivity contribution in [1.29, 1.82) is 0 Å². The zero-order valence-electron chi connectivity index (χ0n) is 11.3. The van der Waals surface area contributed by atoms with E-state index in [1.165, 1.54) is 0 Å². The van der Waals surface area contributed by atoms with Crippen molar-refractivity contribution in [2.24, 2.45) is 0 Å². The number of ether oxygens (including phenoxy) is 1. The average Bonchev–Trinajstić information content (AvgIpc) is 2.35. The van der Waals surface area contributed by atoms with Gasteiger partial charge < -0.3 is 10.1 Å². The molecule has 1 N–H and O–H groups in total. The number of halogens is 2. The standard InChI is InChI=1S/C14H20BrClN2O/c1-10-8-17-9-11(2)18(10)5-6-19-14-4-3-12(16)7-13(14)15/h3-4,7,10-11,17H,5-6,8-9H2,1-2H3. The summed E-state index contributed by atoms with van der Waals surface area (Å²) in [6.45, 7) is 8.24. The van der Waals surface area contributed by atoms with Crippen LogP contribution in [0.1, 0.15) is 13.8 Å². The first-order valence-corrected chi connectivity index (χ1v) is 7.79. The third kappa shape index (κ3) is 4.09. The van der Waals surface area contributed by atoms with Crippen molar-refractivity contribution in [1.82, 2.24) is 10.2 Å². The molecule has 3 nitrogen and oxygen atoms in total. The van der Waals surface area contributed by atoms with Gasteiger partial charge in [-0.05, 0) is 48.0 Å². The van der Waals surface area contributed by atoms with E-state index in [0.29, 0.717) is 23.7 Å². The molecule has 1 aromatic rings. The summed E-state index contributed by atoms with van der Waals surface area (Å²) < 4.78 is 6.73. The van der Waals surface area contributed by atoms with Crippen LogP contribution in [-0.4, -0.2) is 43.2 Å². The van der Waals surface area contributed by atoms with Crippen LogP contribution in [0.5, 0.6) is 5.75 Å². The highest BCUT2D eigenvalue weighted by atomic mass is 79.9. The van der Waals surface area contributed by atoms with Crippen LogP contribution in [0.25, 0.3) is 0 Å². The highest BCUT2D eigenvalue weighted by Gasteiger charge is 2.23. The van der Waals surface area contributed by atoms with Crippen LogP contribution >= 0.6 is 27.5 Å². The van der Waals surface area contributed by atoms with E-state index in [-0.39, 0.29) is 0 Å². The summed E-state index contributed by atoms with van der Waals surface area (Å²) in [7, 11) is 0. The maximum atomic E-state index is 5.91. The zero-order valence-corrected chi connectivity index (χ0v) is 13.7. The van der Waals surface area contributed by atoms with Gasteiger partial charge in [-0.1, -0.05) is 11.6 Å². The molecule has 0 aliphatic carbocycles. The maximum absolute atomic E-state index is 5.91. The van der Waals surface area contributed by atoms with Gasteiger partial charge >= 0.3 is 0 Å². The van der Waals surface area contributed by atoms with E-state index in [1.807, 2.05) is 18.2 Å². The van der Waals surface area contributed by atoms with E-state index in [9.17, 15) is 0 Å². The summed E-state index contributed by atoms with van der Waals surface area (Å²) in [5.74, 6) is 0.847. The van der Waals surface area contributed by atoms with E-state index in [2.05, 4.69) is 40.0 Å². The topological polar surface area (TPSA) is 24.5 Å². The first-order valence-electron chi connectivity index (χ1n) is 6.62. The number of piperazine rings is 1. The molecule has 106 valence electrons. The largest absolute Gasteiger partial charge is 0.491 e. The molecule has 1 fully saturated rings. The Hall–Kier alpha value is -0.290. The Morgan fingerprint density at radius 3 is 2.68 bits per heavy atom. The Morgan fingerprint density at radius 2 is 2.05 bits per heavy atom. The van der Waals surface area contributed by atoms with Gasteiger partial charge in [0.05, 0.1) is 4.47 Å². The lowest BCUT2D eigenvalue weighted by atomic mass is 10.1. The number of hydrogen-bond acceptors (Lipinski definition) is 3. The van der Waals surface area contributed by atoms with E-state index < -0.39 is 0 Å². The van der Waals surface area contributed by atoms with Crippen LogP contribution in [0.3, 0.4) is 0 Å². The molecule has 1 heterocycles. The first kappa shape index (κ1) is 15.1. The highest BCUT2D eigenvalue weighted by molar-refractivity contribution is 9.10. The highest BCUT2D eigenvalue weighted by Crippen LogP contribution is 2.27. The monoisotopic (exact) mass is 346 g/mol. The van der Waals surface area contributed by atoms with E-state index in [1.54, 1.807) is 0 Å². The molecular weight excluding hydrogens is 328 g/mol. The minimum atomic E-state index is 0.556. The van der Waals surface area contributed by atoms with Crippen LogP contribution in [0.4, 0.5) is 0 Å². The summed E-state index contributed by atoms with van der Waals surface area (Å²) in [5.41, 5.74) is 0. The quantitative estimate of drug-likeness (QED) is 0.905. The molecule has 2 atom stereocenters. The molecule has 0 radical (unpaired) electrons. The van der Waals surface area contributed by atoms with Crippen LogP contribution in [-0.2, 0) is 0 Å². The Kier molecular flexibility index (Phi) is 5.51. The van der Waals surface area contributed by atoms with E-state index >= 15 is 0 Å². The minimum absolute atomic E-state index is 0.556. The second-order valence-corrected chi connectivity index (χ2v) is 6.31. The van der Waals surface area contributed by atoms with Gasteiger partial charge in [0.2, 0.25) is 0 Å². The molecule has 1 aliphatic heterocycles. The fourth-order valence-corrected chi connectivity index (χ4v) is 3.26. The summed E-state index contributed by atoms with van der Waals surface area (Å²) in [5, 5.41) is 4.14. The molecular formula is C14H20BrClN2O. The SMILES string of the molecule is CC1CNCC(C)N1CCOc1ccc(Cl)cc1Br. The lowest BCUT2D eigenvalue weighted by Gasteiger charge is -2.39. The number of nitrogens with one attached hydrogen (secondary N) is 1. The molecule has 0 amide bonds. The van der Waals surface area contributed by atoms with Gasteiger partial charge in [0.25, 0.3) is 0 Å². The van der Waals surface area contributed by atoms with Gasteiger partial charge in [0, 0.05) is 36.7 Å². The molecule has 2 unspecified atom stereocenters. The molecule has 1 aromatic carbocycles. The summed E-state index contributed by atoms with van der Waals surface area (Å²) in [6, 6.07) is 6.71. The van der Waals surface area contributed by atoms with Gasteiger partial charge in [0.1, 0.15) is 12.4 Å². The minimum Gasteiger partial charge on any atom is -0.491 e. The predicted molar refractivity (Wildman–Crippen MR) is 83.1 cm³/mol. The van der Waals surface area contributed by atoms with Gasteiger partial charge in [0.15, 0.2) is 0 Å². The number of rotatable bonds is 4. The smallest absolute Gasteiger partial charge is 0.133 e. The van der Waals surface area contributed by atoms with Crippen molar-refractivity contribution in [3.8, 4) is 5.75 Å². The van der Waals surface area contributed by atoms with Crippen molar-refractivity contribution in [3.05, 3.63) is 27.7 Å². The summed E-state index contributed by atoms with van der Waals surface area (Å²) >= 11 is 9.37. The Balaban J connectivity index is 1.85. The van der Waals surface area contributed by atoms with Gasteiger partial charge in [-0.25, -0.2) is 0 Å². The number of nitrogens with zero attached hydrogens (tertiary/aromatic N) is 1. The second-order valence-electron chi connectivity index (χ2n) is 5.02. The predicted octanol–water partition coefficient (Wildman–Crippen LogP) is 3.16. The molecule has 0 bridgehead atoms. The maximum Gasteiger partial charge on any atom is 0.133 e. The van der Waals surface area contributed by atoms with Gasteiger partial charge in [-0.3, -0.25) is 4.90 Å². The summed E-state index contributed by atoms with van der Waals surface area (Å²) in [4.78, 5) is 2.49. The lowest BCUT2D eigenvalue weighted by Crippen LogP contribution is -2.55. The number of benzene rings is 1. The average molecular weight is 348 g/mol. The van der Waals surface area contributed by atoms with Gasteiger partial charge in [-0.2, -0.15) is 0 Å². The molecule has 0 saturated carbocycles. The summed E-state index contributed by atoms with van der Waals surface area (Å²) in [6.07, 6.45) is 0. The zero-order chi connectivity index (χ0) is 13.8. The van der Waals surface area contributed by atoms with Crippen molar-refractivity contribution >= 4 is 27.5 Å². The molecule has 0 spiro atoms. The fourth-order valence-electron chi connectivity index (χ4n) is 2.46. The number of hydrogen-bond donors (Lipinski definition) is 1. The van der Waals surface area contributed by atoms with Gasteiger partial charge in [-0.15, -0.1) is 0 Å². The Morgan fingerprint density at radius 1 is 1.37 bits per heavy atom. The normalized spacial score (nSPS) is 24.4. The van der Waals surface area contributed by atoms with E-state index in [0.717, 1.165) is 29.9 Å². The van der Waals surface area contributed by atoms with Crippen molar-refractivity contribution < 1.29 is 4.74 Å². The van der Waals surface area contributed by atoms with Crippen LogP contribution < -0.4 is 10.1 Å².